The van der Waals surface area contributed by atoms with Crippen LogP contribution in [0.3, 0.4) is 0 Å². The van der Waals surface area contributed by atoms with Gasteiger partial charge in [0.2, 0.25) is 0 Å². The standard InChI is InChI=1S/C10H7Cl2N/c11-6-7-3-4-9(12)8-2-1-5-13-10(7)8/h1-5H,6H2. The molecule has 1 aromatic carbocycles. The zero-order valence-corrected chi connectivity index (χ0v) is 8.31. The third-order valence-electron chi connectivity index (χ3n) is 1.94. The second-order valence-corrected chi connectivity index (χ2v) is 3.41. The molecular weight excluding hydrogens is 205 g/mol. The molecule has 1 heterocycles. The number of halogens is 2. The molecule has 0 aliphatic heterocycles. The van der Waals surface area contributed by atoms with E-state index in [1.807, 2.05) is 24.3 Å². The van der Waals surface area contributed by atoms with Gasteiger partial charge in [0.25, 0.3) is 0 Å². The Balaban J connectivity index is 2.84. The summed E-state index contributed by atoms with van der Waals surface area (Å²) in [6, 6.07) is 7.57. The Morgan fingerprint density at radius 2 is 2.08 bits per heavy atom. The Morgan fingerprint density at radius 3 is 2.85 bits per heavy atom. The number of nitrogens with zero attached hydrogens (tertiary/aromatic N) is 1. The lowest BCUT2D eigenvalue weighted by atomic mass is 10.1. The smallest absolute Gasteiger partial charge is 0.0761 e. The number of fused-ring (bicyclic) bond motifs is 1. The molecule has 0 atom stereocenters. The Hall–Kier alpha value is -0.790. The van der Waals surface area contributed by atoms with Crippen molar-refractivity contribution in [3.05, 3.63) is 41.0 Å². The van der Waals surface area contributed by atoms with Crippen molar-refractivity contribution in [1.82, 2.24) is 4.98 Å². The normalized spacial score (nSPS) is 10.6. The predicted octanol–water partition coefficient (Wildman–Crippen LogP) is 3.63. The van der Waals surface area contributed by atoms with Crippen LogP contribution >= 0.6 is 23.2 Å². The number of benzene rings is 1. The number of hydrogen-bond donors (Lipinski definition) is 0. The topological polar surface area (TPSA) is 12.9 Å². The van der Waals surface area contributed by atoms with Crippen LogP contribution in [0.15, 0.2) is 30.5 Å². The average Bonchev–Trinajstić information content (AvgIpc) is 2.19. The molecule has 3 heteroatoms. The lowest BCUT2D eigenvalue weighted by Crippen LogP contribution is -1.85. The van der Waals surface area contributed by atoms with Gasteiger partial charge in [0, 0.05) is 22.5 Å². The second kappa shape index (κ2) is 3.52. The molecule has 2 aromatic rings. The van der Waals surface area contributed by atoms with Crippen molar-refractivity contribution in [1.29, 1.82) is 0 Å². The number of rotatable bonds is 1. The van der Waals surface area contributed by atoms with Gasteiger partial charge in [-0.2, -0.15) is 0 Å². The van der Waals surface area contributed by atoms with Crippen molar-refractivity contribution in [3.63, 3.8) is 0 Å². The Kier molecular flexibility index (Phi) is 2.38. The van der Waals surface area contributed by atoms with Crippen molar-refractivity contribution in [2.45, 2.75) is 5.88 Å². The minimum absolute atomic E-state index is 0.463. The lowest BCUT2D eigenvalue weighted by Gasteiger charge is -2.03. The van der Waals surface area contributed by atoms with Crippen LogP contribution in [0.1, 0.15) is 5.56 Å². The van der Waals surface area contributed by atoms with Crippen LogP contribution in [0.2, 0.25) is 5.02 Å². The van der Waals surface area contributed by atoms with Crippen molar-refractivity contribution in [3.8, 4) is 0 Å². The maximum atomic E-state index is 6.00. The second-order valence-electron chi connectivity index (χ2n) is 2.74. The molecular formula is C10H7Cl2N. The van der Waals surface area contributed by atoms with Gasteiger partial charge in [-0.15, -0.1) is 11.6 Å². The first-order valence-electron chi connectivity index (χ1n) is 3.91. The summed E-state index contributed by atoms with van der Waals surface area (Å²) in [5.41, 5.74) is 1.91. The van der Waals surface area contributed by atoms with Gasteiger partial charge in [-0.1, -0.05) is 17.7 Å². The molecule has 0 fully saturated rings. The SMILES string of the molecule is ClCc1ccc(Cl)c2cccnc12. The molecule has 0 bridgehead atoms. The molecule has 0 spiro atoms. The van der Waals surface area contributed by atoms with Crippen LogP contribution in [0.25, 0.3) is 10.9 Å². The summed E-state index contributed by atoms with van der Waals surface area (Å²) < 4.78 is 0. The van der Waals surface area contributed by atoms with Crippen LogP contribution in [0.4, 0.5) is 0 Å². The van der Waals surface area contributed by atoms with Gasteiger partial charge in [0.05, 0.1) is 5.52 Å². The van der Waals surface area contributed by atoms with Crippen LogP contribution in [0.5, 0.6) is 0 Å². The number of hydrogen-bond acceptors (Lipinski definition) is 1. The van der Waals surface area contributed by atoms with E-state index >= 15 is 0 Å². The minimum atomic E-state index is 0.463. The van der Waals surface area contributed by atoms with E-state index in [0.717, 1.165) is 21.5 Å². The molecule has 1 aromatic heterocycles. The molecule has 0 saturated heterocycles. The Morgan fingerprint density at radius 1 is 1.23 bits per heavy atom. The summed E-state index contributed by atoms with van der Waals surface area (Å²) >= 11 is 11.8. The van der Waals surface area contributed by atoms with E-state index in [1.54, 1.807) is 6.20 Å². The highest BCUT2D eigenvalue weighted by atomic mass is 35.5. The van der Waals surface area contributed by atoms with Crippen molar-refractivity contribution in [2.75, 3.05) is 0 Å². The Labute approximate surface area is 86.3 Å². The van der Waals surface area contributed by atoms with E-state index in [1.165, 1.54) is 0 Å². The number of alkyl halides is 1. The first-order valence-corrected chi connectivity index (χ1v) is 4.82. The van der Waals surface area contributed by atoms with Gasteiger partial charge in [-0.25, -0.2) is 0 Å². The molecule has 0 unspecified atom stereocenters. The number of aromatic nitrogens is 1. The quantitative estimate of drug-likeness (QED) is 0.657. The maximum absolute atomic E-state index is 6.00. The zero-order valence-electron chi connectivity index (χ0n) is 6.80. The first kappa shape index (κ1) is 8.79. The molecule has 13 heavy (non-hydrogen) atoms. The predicted molar refractivity (Wildman–Crippen MR) is 56.3 cm³/mol. The van der Waals surface area contributed by atoms with Crippen LogP contribution in [-0.2, 0) is 5.88 Å². The summed E-state index contributed by atoms with van der Waals surface area (Å²) in [6.45, 7) is 0. The zero-order chi connectivity index (χ0) is 9.26. The molecule has 0 saturated carbocycles. The highest BCUT2D eigenvalue weighted by Crippen LogP contribution is 2.25. The van der Waals surface area contributed by atoms with E-state index in [0.29, 0.717) is 5.88 Å². The molecule has 0 aliphatic carbocycles. The van der Waals surface area contributed by atoms with Gasteiger partial charge >= 0.3 is 0 Å². The molecule has 0 radical (unpaired) electrons. The average molecular weight is 212 g/mol. The fraction of sp³-hybridized carbons (Fsp3) is 0.100. The molecule has 1 nitrogen and oxygen atoms in total. The van der Waals surface area contributed by atoms with Crippen LogP contribution in [0, 0.1) is 0 Å². The summed E-state index contributed by atoms with van der Waals surface area (Å²) in [7, 11) is 0. The molecule has 66 valence electrons. The third-order valence-corrected chi connectivity index (χ3v) is 2.56. The van der Waals surface area contributed by atoms with Crippen LogP contribution < -0.4 is 0 Å². The highest BCUT2D eigenvalue weighted by Gasteiger charge is 2.03. The lowest BCUT2D eigenvalue weighted by molar-refractivity contribution is 1.34. The summed E-state index contributed by atoms with van der Waals surface area (Å²) in [5, 5.41) is 1.68. The van der Waals surface area contributed by atoms with E-state index in [-0.39, 0.29) is 0 Å². The van der Waals surface area contributed by atoms with E-state index < -0.39 is 0 Å². The van der Waals surface area contributed by atoms with E-state index in [2.05, 4.69) is 4.98 Å². The maximum Gasteiger partial charge on any atom is 0.0761 e. The fourth-order valence-electron chi connectivity index (χ4n) is 1.30. The molecule has 0 amide bonds. The first-order chi connectivity index (χ1) is 6.33. The van der Waals surface area contributed by atoms with E-state index in [4.69, 9.17) is 23.2 Å². The minimum Gasteiger partial charge on any atom is -0.256 e. The van der Waals surface area contributed by atoms with Gasteiger partial charge in [0.1, 0.15) is 0 Å². The number of pyridine rings is 1. The highest BCUT2D eigenvalue weighted by molar-refractivity contribution is 6.35. The van der Waals surface area contributed by atoms with E-state index in [9.17, 15) is 0 Å². The van der Waals surface area contributed by atoms with Gasteiger partial charge in [-0.05, 0) is 23.8 Å². The third kappa shape index (κ3) is 1.50. The molecule has 2 rings (SSSR count). The largest absolute Gasteiger partial charge is 0.256 e. The fourth-order valence-corrected chi connectivity index (χ4v) is 1.74. The van der Waals surface area contributed by atoms with Crippen LogP contribution in [-0.4, -0.2) is 4.98 Å². The van der Waals surface area contributed by atoms with Gasteiger partial charge in [0.15, 0.2) is 0 Å². The Bertz CT molecular complexity index is 440. The van der Waals surface area contributed by atoms with Crippen molar-refractivity contribution in [2.24, 2.45) is 0 Å². The van der Waals surface area contributed by atoms with Crippen molar-refractivity contribution < 1.29 is 0 Å². The summed E-state index contributed by atoms with van der Waals surface area (Å²) in [4.78, 5) is 4.24. The van der Waals surface area contributed by atoms with Gasteiger partial charge < -0.3 is 0 Å². The molecule has 0 aliphatic rings. The van der Waals surface area contributed by atoms with Crippen molar-refractivity contribution >= 4 is 34.1 Å². The summed E-state index contributed by atoms with van der Waals surface area (Å²) in [5.74, 6) is 0.463. The van der Waals surface area contributed by atoms with Gasteiger partial charge in [-0.3, -0.25) is 4.98 Å². The monoisotopic (exact) mass is 211 g/mol. The molecule has 0 N–H and O–H groups in total. The summed E-state index contributed by atoms with van der Waals surface area (Å²) in [6.07, 6.45) is 1.74.